The Bertz CT molecular complexity index is 775. The van der Waals surface area contributed by atoms with E-state index in [-0.39, 0.29) is 11.9 Å². The predicted molar refractivity (Wildman–Crippen MR) is 102 cm³/mol. The normalized spacial score (nSPS) is 15.2. The van der Waals surface area contributed by atoms with E-state index in [0.717, 1.165) is 23.5 Å². The molecule has 0 fully saturated rings. The quantitative estimate of drug-likeness (QED) is 0.842. The van der Waals surface area contributed by atoms with Gasteiger partial charge in [0.25, 0.3) is 5.91 Å². The van der Waals surface area contributed by atoms with Crippen LogP contribution in [0.25, 0.3) is 0 Å². The molecule has 6 nitrogen and oxygen atoms in total. The van der Waals surface area contributed by atoms with Crippen LogP contribution < -0.4 is 24.3 Å². The van der Waals surface area contributed by atoms with Gasteiger partial charge in [0.1, 0.15) is 11.5 Å². The molecule has 144 valence electrons. The maximum Gasteiger partial charge on any atom is 0.261 e. The molecule has 1 aliphatic heterocycles. The SMILES string of the molecule is COc1ccc(OC(C)C(=O)NC(C)c2ccc3c(c2)OCCCO3)cc1. The Morgan fingerprint density at radius 3 is 2.37 bits per heavy atom. The molecule has 2 atom stereocenters. The second-order valence-electron chi connectivity index (χ2n) is 6.42. The number of hydrogen-bond donors (Lipinski definition) is 1. The number of benzene rings is 2. The van der Waals surface area contributed by atoms with Crippen molar-refractivity contribution in [3.8, 4) is 23.0 Å². The summed E-state index contributed by atoms with van der Waals surface area (Å²) in [4.78, 5) is 12.5. The fourth-order valence-corrected chi connectivity index (χ4v) is 2.78. The molecule has 2 unspecified atom stereocenters. The van der Waals surface area contributed by atoms with E-state index in [9.17, 15) is 4.79 Å². The van der Waals surface area contributed by atoms with E-state index in [4.69, 9.17) is 18.9 Å². The van der Waals surface area contributed by atoms with Crippen LogP contribution in [0.5, 0.6) is 23.0 Å². The van der Waals surface area contributed by atoms with Crippen molar-refractivity contribution in [2.45, 2.75) is 32.4 Å². The van der Waals surface area contributed by atoms with Crippen molar-refractivity contribution in [1.82, 2.24) is 5.32 Å². The lowest BCUT2D eigenvalue weighted by Crippen LogP contribution is -2.37. The zero-order chi connectivity index (χ0) is 19.2. The average molecular weight is 371 g/mol. The standard InChI is InChI=1S/C21H25NO5/c1-14(16-5-10-19-20(13-16)26-12-4-11-25-19)22-21(23)15(2)27-18-8-6-17(24-3)7-9-18/h5-10,13-15H,4,11-12H2,1-3H3,(H,22,23). The number of amides is 1. The Morgan fingerprint density at radius 1 is 1.00 bits per heavy atom. The molecule has 6 heteroatoms. The number of nitrogens with one attached hydrogen (secondary N) is 1. The molecule has 0 spiro atoms. The molecule has 0 saturated heterocycles. The third-order valence-electron chi connectivity index (χ3n) is 4.37. The van der Waals surface area contributed by atoms with Gasteiger partial charge in [-0.2, -0.15) is 0 Å². The zero-order valence-electron chi connectivity index (χ0n) is 15.9. The second kappa shape index (κ2) is 8.66. The first-order chi connectivity index (χ1) is 13.1. The maximum atomic E-state index is 12.5. The van der Waals surface area contributed by atoms with Crippen LogP contribution in [0, 0.1) is 0 Å². The summed E-state index contributed by atoms with van der Waals surface area (Å²) in [7, 11) is 1.60. The van der Waals surface area contributed by atoms with Gasteiger partial charge in [0.15, 0.2) is 17.6 Å². The largest absolute Gasteiger partial charge is 0.497 e. The highest BCUT2D eigenvalue weighted by Gasteiger charge is 2.19. The van der Waals surface area contributed by atoms with E-state index in [1.807, 2.05) is 25.1 Å². The summed E-state index contributed by atoms with van der Waals surface area (Å²) in [6.45, 7) is 4.93. The Hall–Kier alpha value is -2.89. The predicted octanol–water partition coefficient (Wildman–Crippen LogP) is 3.50. The Labute approximate surface area is 159 Å². The molecule has 2 aromatic carbocycles. The second-order valence-corrected chi connectivity index (χ2v) is 6.42. The molecule has 0 bridgehead atoms. The first kappa shape index (κ1) is 18.9. The minimum absolute atomic E-state index is 0.184. The number of fused-ring (bicyclic) bond motifs is 1. The van der Waals surface area contributed by atoms with Gasteiger partial charge in [0, 0.05) is 6.42 Å². The summed E-state index contributed by atoms with van der Waals surface area (Å²) < 4.78 is 22.2. The van der Waals surface area contributed by atoms with Crippen LogP contribution in [0.15, 0.2) is 42.5 Å². The third-order valence-corrected chi connectivity index (χ3v) is 4.37. The molecule has 3 rings (SSSR count). The highest BCUT2D eigenvalue weighted by molar-refractivity contribution is 5.81. The van der Waals surface area contributed by atoms with E-state index in [1.54, 1.807) is 38.3 Å². The van der Waals surface area contributed by atoms with Crippen LogP contribution in [-0.2, 0) is 4.79 Å². The maximum absolute atomic E-state index is 12.5. The molecule has 2 aromatic rings. The molecule has 0 radical (unpaired) electrons. The summed E-state index contributed by atoms with van der Waals surface area (Å²) in [5.74, 6) is 2.62. The van der Waals surface area contributed by atoms with E-state index < -0.39 is 6.10 Å². The summed E-state index contributed by atoms with van der Waals surface area (Å²) >= 11 is 0. The van der Waals surface area contributed by atoms with Gasteiger partial charge in [0.2, 0.25) is 0 Å². The zero-order valence-corrected chi connectivity index (χ0v) is 15.9. The molecule has 27 heavy (non-hydrogen) atoms. The highest BCUT2D eigenvalue weighted by Crippen LogP contribution is 2.32. The van der Waals surface area contributed by atoms with E-state index in [2.05, 4.69) is 5.32 Å². The minimum atomic E-state index is -0.624. The van der Waals surface area contributed by atoms with Crippen molar-refractivity contribution in [2.75, 3.05) is 20.3 Å². The molecule has 1 amide bonds. The lowest BCUT2D eigenvalue weighted by atomic mass is 10.1. The number of methoxy groups -OCH3 is 1. The van der Waals surface area contributed by atoms with Crippen LogP contribution in [-0.4, -0.2) is 32.3 Å². The van der Waals surface area contributed by atoms with E-state index >= 15 is 0 Å². The molecule has 0 aliphatic carbocycles. The van der Waals surface area contributed by atoms with Crippen LogP contribution >= 0.6 is 0 Å². The van der Waals surface area contributed by atoms with Crippen molar-refractivity contribution < 1.29 is 23.7 Å². The molecule has 0 aromatic heterocycles. The van der Waals surface area contributed by atoms with Crippen molar-refractivity contribution in [3.05, 3.63) is 48.0 Å². The van der Waals surface area contributed by atoms with Gasteiger partial charge in [0.05, 0.1) is 26.4 Å². The smallest absolute Gasteiger partial charge is 0.261 e. The summed E-state index contributed by atoms with van der Waals surface area (Å²) in [6, 6.07) is 12.7. The van der Waals surface area contributed by atoms with Gasteiger partial charge in [-0.05, 0) is 55.8 Å². The van der Waals surface area contributed by atoms with Gasteiger partial charge in [-0.1, -0.05) is 6.07 Å². The monoisotopic (exact) mass is 371 g/mol. The number of hydrogen-bond acceptors (Lipinski definition) is 5. The van der Waals surface area contributed by atoms with Gasteiger partial charge in [-0.25, -0.2) is 0 Å². The first-order valence-electron chi connectivity index (χ1n) is 9.07. The summed E-state index contributed by atoms with van der Waals surface area (Å²) in [5.41, 5.74) is 0.948. The molecule has 1 heterocycles. The Morgan fingerprint density at radius 2 is 1.67 bits per heavy atom. The van der Waals surface area contributed by atoms with Gasteiger partial charge in [-0.15, -0.1) is 0 Å². The molecule has 1 N–H and O–H groups in total. The lowest BCUT2D eigenvalue weighted by Gasteiger charge is -2.20. The lowest BCUT2D eigenvalue weighted by molar-refractivity contribution is -0.127. The van der Waals surface area contributed by atoms with Gasteiger partial charge >= 0.3 is 0 Å². The Balaban J connectivity index is 1.60. The van der Waals surface area contributed by atoms with Crippen molar-refractivity contribution in [2.24, 2.45) is 0 Å². The van der Waals surface area contributed by atoms with Crippen LogP contribution in [0.3, 0.4) is 0 Å². The van der Waals surface area contributed by atoms with Crippen LogP contribution in [0.1, 0.15) is 31.9 Å². The topological polar surface area (TPSA) is 66.0 Å². The van der Waals surface area contributed by atoms with Gasteiger partial charge < -0.3 is 24.3 Å². The van der Waals surface area contributed by atoms with Crippen LogP contribution in [0.2, 0.25) is 0 Å². The molecule has 1 aliphatic rings. The van der Waals surface area contributed by atoms with Crippen molar-refractivity contribution in [1.29, 1.82) is 0 Å². The molecular weight excluding hydrogens is 346 g/mol. The van der Waals surface area contributed by atoms with E-state index in [1.165, 1.54) is 0 Å². The third kappa shape index (κ3) is 4.84. The summed E-state index contributed by atoms with van der Waals surface area (Å²) in [6.07, 6.45) is 0.234. The average Bonchev–Trinajstić information content (AvgIpc) is 2.93. The highest BCUT2D eigenvalue weighted by atomic mass is 16.5. The Kier molecular flexibility index (Phi) is 6.06. The van der Waals surface area contributed by atoms with Crippen LogP contribution in [0.4, 0.5) is 0 Å². The van der Waals surface area contributed by atoms with Crippen molar-refractivity contribution >= 4 is 5.91 Å². The first-order valence-corrected chi connectivity index (χ1v) is 9.07. The van der Waals surface area contributed by atoms with Crippen molar-refractivity contribution in [3.63, 3.8) is 0 Å². The van der Waals surface area contributed by atoms with E-state index in [0.29, 0.717) is 24.7 Å². The number of ether oxygens (including phenoxy) is 4. The number of carbonyl (C=O) groups excluding carboxylic acids is 1. The molecular formula is C21H25NO5. The summed E-state index contributed by atoms with van der Waals surface area (Å²) in [5, 5.41) is 2.98. The fourth-order valence-electron chi connectivity index (χ4n) is 2.78. The van der Waals surface area contributed by atoms with Gasteiger partial charge in [-0.3, -0.25) is 4.79 Å². The fraction of sp³-hybridized carbons (Fsp3) is 0.381. The number of rotatable bonds is 6. The molecule has 0 saturated carbocycles. The number of carbonyl (C=O) groups is 1. The minimum Gasteiger partial charge on any atom is -0.497 e.